The summed E-state index contributed by atoms with van der Waals surface area (Å²) in [5.41, 5.74) is 0. The maximum atomic E-state index is 11.3. The number of carboxylic acid groups (broad SMARTS) is 1. The van der Waals surface area contributed by atoms with E-state index in [1.54, 1.807) is 0 Å². The van der Waals surface area contributed by atoms with Crippen molar-refractivity contribution in [3.63, 3.8) is 0 Å². The monoisotopic (exact) mass is 199 g/mol. The summed E-state index contributed by atoms with van der Waals surface area (Å²) >= 11 is 0. The van der Waals surface area contributed by atoms with Crippen LogP contribution in [0.25, 0.3) is 0 Å². The minimum atomic E-state index is -0.924. The van der Waals surface area contributed by atoms with Crippen LogP contribution in [0.5, 0.6) is 0 Å². The summed E-state index contributed by atoms with van der Waals surface area (Å²) in [6, 6.07) is -0.692. The summed E-state index contributed by atoms with van der Waals surface area (Å²) in [4.78, 5) is 22.1. The minimum absolute atomic E-state index is 0.0819. The van der Waals surface area contributed by atoms with Gasteiger partial charge in [0.2, 0.25) is 5.91 Å². The van der Waals surface area contributed by atoms with Crippen LogP contribution in [0, 0.1) is 5.92 Å². The summed E-state index contributed by atoms with van der Waals surface area (Å²) in [6.07, 6.45) is 4.13. The maximum Gasteiger partial charge on any atom is 0.326 e. The van der Waals surface area contributed by atoms with Gasteiger partial charge in [-0.2, -0.15) is 0 Å². The zero-order valence-electron chi connectivity index (χ0n) is 8.45. The van der Waals surface area contributed by atoms with Crippen LogP contribution < -0.4 is 5.32 Å². The van der Waals surface area contributed by atoms with E-state index in [1.807, 2.05) is 6.92 Å². The Morgan fingerprint density at radius 3 is 2.57 bits per heavy atom. The molecule has 14 heavy (non-hydrogen) atoms. The number of carboxylic acids is 1. The average Bonchev–Trinajstić information content (AvgIpc) is 2.94. The van der Waals surface area contributed by atoms with Gasteiger partial charge in [-0.1, -0.05) is 19.8 Å². The molecule has 0 spiro atoms. The molecule has 0 radical (unpaired) electrons. The van der Waals surface area contributed by atoms with Gasteiger partial charge in [0.25, 0.3) is 0 Å². The number of rotatable bonds is 6. The molecule has 1 aliphatic rings. The Morgan fingerprint density at radius 1 is 1.50 bits per heavy atom. The third kappa shape index (κ3) is 3.36. The second-order valence-electron chi connectivity index (χ2n) is 3.82. The zero-order chi connectivity index (χ0) is 10.6. The first-order valence-electron chi connectivity index (χ1n) is 5.18. The number of unbranched alkanes of at least 4 members (excludes halogenated alkanes) is 1. The number of hydrogen-bond donors (Lipinski definition) is 2. The maximum absolute atomic E-state index is 11.3. The first-order valence-corrected chi connectivity index (χ1v) is 5.18. The van der Waals surface area contributed by atoms with Gasteiger partial charge >= 0.3 is 5.97 Å². The lowest BCUT2D eigenvalue weighted by atomic mass is 10.1. The number of carbonyl (C=O) groups excluding carboxylic acids is 1. The third-order valence-corrected chi connectivity index (χ3v) is 2.41. The third-order valence-electron chi connectivity index (χ3n) is 2.41. The summed E-state index contributed by atoms with van der Waals surface area (Å²) in [7, 11) is 0. The molecule has 1 fully saturated rings. The lowest BCUT2D eigenvalue weighted by Crippen LogP contribution is -2.41. The lowest BCUT2D eigenvalue weighted by molar-refractivity contribution is -0.142. The largest absolute Gasteiger partial charge is 0.480 e. The van der Waals surface area contributed by atoms with Gasteiger partial charge in [0.1, 0.15) is 6.04 Å². The minimum Gasteiger partial charge on any atom is -0.480 e. The van der Waals surface area contributed by atoms with Crippen molar-refractivity contribution in [2.75, 3.05) is 0 Å². The van der Waals surface area contributed by atoms with Gasteiger partial charge in [-0.25, -0.2) is 4.79 Å². The molecule has 0 heterocycles. The van der Waals surface area contributed by atoms with Gasteiger partial charge < -0.3 is 10.4 Å². The van der Waals surface area contributed by atoms with Crippen LogP contribution in [0.4, 0.5) is 0 Å². The molecule has 1 rings (SSSR count). The van der Waals surface area contributed by atoms with E-state index in [0.717, 1.165) is 25.7 Å². The Morgan fingerprint density at radius 2 is 2.14 bits per heavy atom. The van der Waals surface area contributed by atoms with Crippen molar-refractivity contribution >= 4 is 11.9 Å². The molecule has 1 saturated carbocycles. The van der Waals surface area contributed by atoms with Crippen LogP contribution in [-0.2, 0) is 9.59 Å². The van der Waals surface area contributed by atoms with E-state index < -0.39 is 12.0 Å². The van der Waals surface area contributed by atoms with E-state index in [2.05, 4.69) is 5.32 Å². The fourth-order valence-corrected chi connectivity index (χ4v) is 1.30. The second-order valence-corrected chi connectivity index (χ2v) is 3.82. The summed E-state index contributed by atoms with van der Waals surface area (Å²) in [5.74, 6) is -0.931. The number of carbonyl (C=O) groups is 2. The highest BCUT2D eigenvalue weighted by molar-refractivity contribution is 5.86. The molecule has 1 aliphatic carbocycles. The van der Waals surface area contributed by atoms with Crippen LogP contribution in [-0.4, -0.2) is 23.0 Å². The van der Waals surface area contributed by atoms with Crippen molar-refractivity contribution < 1.29 is 14.7 Å². The highest BCUT2D eigenvalue weighted by atomic mass is 16.4. The summed E-state index contributed by atoms with van der Waals surface area (Å²) < 4.78 is 0. The fourth-order valence-electron chi connectivity index (χ4n) is 1.30. The van der Waals surface area contributed by atoms with Crippen LogP contribution in [0.1, 0.15) is 39.0 Å². The molecule has 80 valence electrons. The van der Waals surface area contributed by atoms with Gasteiger partial charge in [0.05, 0.1) is 0 Å². The van der Waals surface area contributed by atoms with E-state index in [-0.39, 0.29) is 11.8 Å². The van der Waals surface area contributed by atoms with Crippen molar-refractivity contribution in [1.29, 1.82) is 0 Å². The standard InChI is InChI=1S/C10H17NO3/c1-2-3-4-8(10(13)14)11-9(12)7-5-6-7/h7-8H,2-6H2,1H3,(H,11,12)(H,13,14)/t8-/m1/s1. The average molecular weight is 199 g/mol. The quantitative estimate of drug-likeness (QED) is 0.674. The summed E-state index contributed by atoms with van der Waals surface area (Å²) in [6.45, 7) is 2.00. The topological polar surface area (TPSA) is 66.4 Å². The van der Waals surface area contributed by atoms with Gasteiger partial charge in [-0.05, 0) is 19.3 Å². The molecule has 4 nitrogen and oxygen atoms in total. The normalized spacial score (nSPS) is 17.5. The molecule has 0 bridgehead atoms. The highest BCUT2D eigenvalue weighted by Crippen LogP contribution is 2.29. The van der Waals surface area contributed by atoms with E-state index in [1.165, 1.54) is 0 Å². The molecular formula is C10H17NO3. The number of amides is 1. The van der Waals surface area contributed by atoms with Crippen molar-refractivity contribution in [1.82, 2.24) is 5.32 Å². The van der Waals surface area contributed by atoms with Gasteiger partial charge in [0, 0.05) is 5.92 Å². The van der Waals surface area contributed by atoms with E-state index >= 15 is 0 Å². The van der Waals surface area contributed by atoms with E-state index in [0.29, 0.717) is 6.42 Å². The Kier molecular flexibility index (Phi) is 3.92. The van der Waals surface area contributed by atoms with E-state index in [4.69, 9.17) is 5.11 Å². The predicted molar refractivity (Wildman–Crippen MR) is 51.8 cm³/mol. The predicted octanol–water partition coefficient (Wildman–Crippen LogP) is 1.16. The zero-order valence-corrected chi connectivity index (χ0v) is 8.45. The van der Waals surface area contributed by atoms with Crippen molar-refractivity contribution in [3.8, 4) is 0 Å². The van der Waals surface area contributed by atoms with Gasteiger partial charge in [0.15, 0.2) is 0 Å². The molecule has 4 heteroatoms. The number of nitrogens with one attached hydrogen (secondary N) is 1. The Bertz CT molecular complexity index is 223. The molecule has 0 aromatic rings. The molecule has 1 amide bonds. The Labute approximate surface area is 83.7 Å². The first kappa shape index (κ1) is 11.0. The molecule has 1 atom stereocenters. The van der Waals surface area contributed by atoms with Crippen molar-refractivity contribution in [2.24, 2.45) is 5.92 Å². The fraction of sp³-hybridized carbons (Fsp3) is 0.800. The van der Waals surface area contributed by atoms with Crippen molar-refractivity contribution in [3.05, 3.63) is 0 Å². The number of aliphatic carboxylic acids is 1. The first-order chi connectivity index (χ1) is 6.65. The molecule has 0 aliphatic heterocycles. The van der Waals surface area contributed by atoms with E-state index in [9.17, 15) is 9.59 Å². The molecule has 0 aromatic heterocycles. The molecular weight excluding hydrogens is 182 g/mol. The van der Waals surface area contributed by atoms with Crippen molar-refractivity contribution in [2.45, 2.75) is 45.1 Å². The van der Waals surface area contributed by atoms with Gasteiger partial charge in [-0.3, -0.25) is 4.79 Å². The molecule has 0 saturated heterocycles. The summed E-state index contributed by atoms with van der Waals surface area (Å²) in [5, 5.41) is 11.4. The number of hydrogen-bond acceptors (Lipinski definition) is 2. The van der Waals surface area contributed by atoms with Crippen LogP contribution in [0.2, 0.25) is 0 Å². The Balaban J connectivity index is 2.33. The van der Waals surface area contributed by atoms with Gasteiger partial charge in [-0.15, -0.1) is 0 Å². The Hall–Kier alpha value is -1.06. The SMILES string of the molecule is CCCC[C@@H](NC(=O)C1CC1)C(=O)O. The molecule has 2 N–H and O–H groups in total. The molecule has 0 aromatic carbocycles. The van der Waals surface area contributed by atoms with Crippen LogP contribution in [0.15, 0.2) is 0 Å². The van der Waals surface area contributed by atoms with Crippen LogP contribution in [0.3, 0.4) is 0 Å². The highest BCUT2D eigenvalue weighted by Gasteiger charge is 2.32. The smallest absolute Gasteiger partial charge is 0.326 e. The lowest BCUT2D eigenvalue weighted by Gasteiger charge is -2.13. The van der Waals surface area contributed by atoms with Crippen LogP contribution >= 0.6 is 0 Å². The molecule has 0 unspecified atom stereocenters. The second kappa shape index (κ2) is 4.98.